The van der Waals surface area contributed by atoms with Crippen LogP contribution < -0.4 is 10.1 Å². The number of esters is 1. The Morgan fingerprint density at radius 3 is 2.69 bits per heavy atom. The Balaban J connectivity index is 1.64. The molecule has 2 atom stereocenters. The number of carbonyl (C=O) groups is 1. The molecule has 4 rings (SSSR count). The number of pyridine rings is 1. The number of furan rings is 1. The van der Waals surface area contributed by atoms with E-state index in [1.165, 1.54) is 7.11 Å². The number of methoxy groups -OCH3 is 1. The first kappa shape index (κ1) is 21.8. The number of carbonyl (C=O) groups excluding carboxylic acids is 1. The maximum Gasteiger partial charge on any atom is 0.307 e. The zero-order valence-corrected chi connectivity index (χ0v) is 18.8. The van der Waals surface area contributed by atoms with E-state index in [1.807, 2.05) is 66.4 Å². The number of nitrogens with one attached hydrogen (secondary N) is 1. The van der Waals surface area contributed by atoms with Crippen molar-refractivity contribution in [3.05, 3.63) is 72.2 Å². The van der Waals surface area contributed by atoms with Crippen LogP contribution in [-0.2, 0) is 9.53 Å². The zero-order valence-electron chi connectivity index (χ0n) is 18.0. The average molecular weight is 452 g/mol. The molecule has 0 spiro atoms. The molecule has 32 heavy (non-hydrogen) atoms. The van der Waals surface area contributed by atoms with E-state index in [9.17, 15) is 4.79 Å². The molecule has 3 heterocycles. The van der Waals surface area contributed by atoms with Gasteiger partial charge >= 0.3 is 5.97 Å². The van der Waals surface area contributed by atoms with Gasteiger partial charge in [0.15, 0.2) is 5.11 Å². The molecule has 0 amide bonds. The number of rotatable bonds is 8. The third-order valence-electron chi connectivity index (χ3n) is 5.35. The maximum absolute atomic E-state index is 11.8. The molecule has 8 heteroatoms. The molecule has 2 aromatic heterocycles. The standard InChI is InChI=1S/C24H25N3O4S/c1-3-30-17-9-7-16(8-10-17)19-11-12-20(31-19)23-22(18-6-4-5-14-25-18)26-24(32)27(23)15-13-21(28)29-2/h4-12,14,22-23H,3,13,15H2,1-2H3,(H,26,32)/t22-,23+/m1/s1. The van der Waals surface area contributed by atoms with Crippen LogP contribution in [-0.4, -0.2) is 41.2 Å². The number of hydrogen-bond acceptors (Lipinski definition) is 6. The van der Waals surface area contributed by atoms with Gasteiger partial charge in [-0.25, -0.2) is 0 Å². The summed E-state index contributed by atoms with van der Waals surface area (Å²) in [5.74, 6) is 2.01. The van der Waals surface area contributed by atoms with Crippen molar-refractivity contribution in [3.8, 4) is 17.1 Å². The van der Waals surface area contributed by atoms with Gasteiger partial charge in [0.1, 0.15) is 23.3 Å². The fraction of sp³-hybridized carbons (Fsp3) is 0.292. The van der Waals surface area contributed by atoms with E-state index in [1.54, 1.807) is 6.20 Å². The van der Waals surface area contributed by atoms with Gasteiger partial charge in [-0.3, -0.25) is 9.78 Å². The minimum atomic E-state index is -0.289. The van der Waals surface area contributed by atoms with Crippen molar-refractivity contribution >= 4 is 23.3 Å². The van der Waals surface area contributed by atoms with Crippen LogP contribution in [0, 0.1) is 0 Å². The highest BCUT2D eigenvalue weighted by Gasteiger charge is 2.41. The second-order valence-electron chi connectivity index (χ2n) is 7.31. The summed E-state index contributed by atoms with van der Waals surface area (Å²) in [4.78, 5) is 18.3. The Hall–Kier alpha value is -3.39. The smallest absolute Gasteiger partial charge is 0.307 e. The zero-order chi connectivity index (χ0) is 22.5. The first-order chi connectivity index (χ1) is 15.6. The van der Waals surface area contributed by atoms with Crippen molar-refractivity contribution in [3.63, 3.8) is 0 Å². The van der Waals surface area contributed by atoms with Gasteiger partial charge in [-0.1, -0.05) is 6.07 Å². The fourth-order valence-corrected chi connectivity index (χ4v) is 4.15. The molecule has 0 aliphatic carbocycles. The molecule has 0 unspecified atom stereocenters. The molecule has 7 nitrogen and oxygen atoms in total. The Labute approximate surface area is 192 Å². The van der Waals surface area contributed by atoms with Gasteiger partial charge in [-0.15, -0.1) is 0 Å². The summed E-state index contributed by atoms with van der Waals surface area (Å²) < 4.78 is 16.6. The topological polar surface area (TPSA) is 76.8 Å². The minimum Gasteiger partial charge on any atom is -0.494 e. The van der Waals surface area contributed by atoms with E-state index in [4.69, 9.17) is 26.1 Å². The summed E-state index contributed by atoms with van der Waals surface area (Å²) in [7, 11) is 1.38. The maximum atomic E-state index is 11.8. The molecule has 1 aliphatic heterocycles. The van der Waals surface area contributed by atoms with Crippen LogP contribution >= 0.6 is 12.2 Å². The lowest BCUT2D eigenvalue weighted by molar-refractivity contribution is -0.140. The molecule has 1 N–H and O–H groups in total. The molecule has 3 aromatic rings. The fourth-order valence-electron chi connectivity index (χ4n) is 3.82. The first-order valence-corrected chi connectivity index (χ1v) is 10.9. The van der Waals surface area contributed by atoms with Gasteiger partial charge in [0.25, 0.3) is 0 Å². The van der Waals surface area contributed by atoms with Gasteiger partial charge in [0.05, 0.1) is 31.9 Å². The van der Waals surface area contributed by atoms with Gasteiger partial charge in [-0.2, -0.15) is 0 Å². The van der Waals surface area contributed by atoms with E-state index >= 15 is 0 Å². The van der Waals surface area contributed by atoms with Crippen molar-refractivity contribution in [1.82, 2.24) is 15.2 Å². The summed E-state index contributed by atoms with van der Waals surface area (Å²) in [5, 5.41) is 3.90. The Morgan fingerprint density at radius 2 is 2.00 bits per heavy atom. The van der Waals surface area contributed by atoms with Crippen LogP contribution in [0.2, 0.25) is 0 Å². The Kier molecular flexibility index (Phi) is 6.70. The number of ether oxygens (including phenoxy) is 2. The summed E-state index contributed by atoms with van der Waals surface area (Å²) in [6, 6.07) is 17.0. The molecule has 0 radical (unpaired) electrons. The summed E-state index contributed by atoms with van der Waals surface area (Å²) in [6.45, 7) is 2.98. The van der Waals surface area contributed by atoms with E-state index in [2.05, 4.69) is 10.3 Å². The van der Waals surface area contributed by atoms with Crippen molar-refractivity contribution in [2.24, 2.45) is 0 Å². The minimum absolute atomic E-state index is 0.208. The summed E-state index contributed by atoms with van der Waals surface area (Å²) in [5.41, 5.74) is 1.79. The van der Waals surface area contributed by atoms with Gasteiger partial charge in [0, 0.05) is 18.3 Å². The first-order valence-electron chi connectivity index (χ1n) is 10.5. The van der Waals surface area contributed by atoms with E-state index in [-0.39, 0.29) is 24.5 Å². The summed E-state index contributed by atoms with van der Waals surface area (Å²) >= 11 is 5.60. The molecule has 1 saturated heterocycles. The predicted octanol–water partition coefficient (Wildman–Crippen LogP) is 4.28. The molecule has 1 aromatic carbocycles. The third-order valence-corrected chi connectivity index (χ3v) is 5.70. The molecule has 0 bridgehead atoms. The van der Waals surface area contributed by atoms with Crippen LogP contribution in [0.15, 0.2) is 65.2 Å². The van der Waals surface area contributed by atoms with Crippen LogP contribution in [0.5, 0.6) is 5.75 Å². The predicted molar refractivity (Wildman–Crippen MR) is 124 cm³/mol. The molecule has 1 fully saturated rings. The van der Waals surface area contributed by atoms with Crippen LogP contribution in [0.3, 0.4) is 0 Å². The quantitative estimate of drug-likeness (QED) is 0.402. The second kappa shape index (κ2) is 9.82. The van der Waals surface area contributed by atoms with Gasteiger partial charge in [-0.05, 0) is 67.7 Å². The van der Waals surface area contributed by atoms with Gasteiger partial charge in [0.2, 0.25) is 0 Å². The molecular formula is C24H25N3O4S. The Bertz CT molecular complexity index is 1070. The highest BCUT2D eigenvalue weighted by Crippen LogP contribution is 2.40. The summed E-state index contributed by atoms with van der Waals surface area (Å²) in [6.07, 6.45) is 1.97. The lowest BCUT2D eigenvalue weighted by Crippen LogP contribution is -2.31. The van der Waals surface area contributed by atoms with Gasteiger partial charge < -0.3 is 24.1 Å². The van der Waals surface area contributed by atoms with Crippen molar-refractivity contribution in [2.75, 3.05) is 20.3 Å². The van der Waals surface area contributed by atoms with Crippen LogP contribution in [0.4, 0.5) is 0 Å². The largest absolute Gasteiger partial charge is 0.494 e. The highest BCUT2D eigenvalue weighted by molar-refractivity contribution is 7.80. The second-order valence-corrected chi connectivity index (χ2v) is 7.69. The number of thiocarbonyl (C=S) groups is 1. The van der Waals surface area contributed by atoms with Crippen molar-refractivity contribution < 1.29 is 18.7 Å². The van der Waals surface area contributed by atoms with E-state index < -0.39 is 0 Å². The molecular weight excluding hydrogens is 426 g/mol. The molecule has 1 aliphatic rings. The van der Waals surface area contributed by atoms with Crippen molar-refractivity contribution in [2.45, 2.75) is 25.4 Å². The van der Waals surface area contributed by atoms with Crippen LogP contribution in [0.1, 0.15) is 36.9 Å². The lowest BCUT2D eigenvalue weighted by Gasteiger charge is -2.25. The van der Waals surface area contributed by atoms with E-state index in [0.717, 1.165) is 28.5 Å². The third kappa shape index (κ3) is 4.60. The number of hydrogen-bond donors (Lipinski definition) is 1. The number of nitrogens with zero attached hydrogens (tertiary/aromatic N) is 2. The highest BCUT2D eigenvalue weighted by atomic mass is 32.1. The average Bonchev–Trinajstić information content (AvgIpc) is 3.43. The van der Waals surface area contributed by atoms with Crippen molar-refractivity contribution in [1.29, 1.82) is 0 Å². The van der Waals surface area contributed by atoms with E-state index in [0.29, 0.717) is 18.3 Å². The number of aromatic nitrogens is 1. The molecule has 0 saturated carbocycles. The normalized spacial score (nSPS) is 17.8. The Morgan fingerprint density at radius 1 is 1.19 bits per heavy atom. The SMILES string of the molecule is CCOc1ccc(-c2ccc([C@H]3[C@@H](c4ccccn4)NC(=S)N3CCC(=O)OC)o2)cc1. The number of benzene rings is 1. The monoisotopic (exact) mass is 451 g/mol. The molecule has 166 valence electrons. The van der Waals surface area contributed by atoms with Crippen LogP contribution in [0.25, 0.3) is 11.3 Å². The lowest BCUT2D eigenvalue weighted by atomic mass is 10.0.